The average molecular weight is 393 g/mol. The SMILES string of the molecule is CC(=O)N(C)c1ccc(Br)c2c1C(=O)c1cccc(Cl)c1C2=O. The molecule has 0 unspecified atom stereocenters. The van der Waals surface area contributed by atoms with Crippen LogP contribution in [0.25, 0.3) is 0 Å². The Hall–Kier alpha value is -1.98. The Morgan fingerprint density at radius 1 is 1.04 bits per heavy atom. The van der Waals surface area contributed by atoms with Gasteiger partial charge in [-0.05, 0) is 18.2 Å². The van der Waals surface area contributed by atoms with Crippen LogP contribution in [-0.4, -0.2) is 24.5 Å². The van der Waals surface area contributed by atoms with Gasteiger partial charge >= 0.3 is 0 Å². The van der Waals surface area contributed by atoms with E-state index in [0.717, 1.165) is 0 Å². The molecule has 3 rings (SSSR count). The van der Waals surface area contributed by atoms with E-state index in [9.17, 15) is 14.4 Å². The van der Waals surface area contributed by atoms with Gasteiger partial charge in [0.2, 0.25) is 5.91 Å². The molecule has 1 aliphatic carbocycles. The lowest BCUT2D eigenvalue weighted by Crippen LogP contribution is -2.29. The highest BCUT2D eigenvalue weighted by Gasteiger charge is 2.35. The number of halogens is 2. The highest BCUT2D eigenvalue weighted by Crippen LogP contribution is 2.39. The van der Waals surface area contributed by atoms with E-state index in [1.807, 2.05) is 0 Å². The Morgan fingerprint density at radius 3 is 2.39 bits per heavy atom. The van der Waals surface area contributed by atoms with Gasteiger partial charge in [-0.25, -0.2) is 0 Å². The summed E-state index contributed by atoms with van der Waals surface area (Å²) < 4.78 is 0.497. The monoisotopic (exact) mass is 391 g/mol. The van der Waals surface area contributed by atoms with Crippen LogP contribution >= 0.6 is 27.5 Å². The van der Waals surface area contributed by atoms with Crippen molar-refractivity contribution in [1.82, 2.24) is 0 Å². The quantitative estimate of drug-likeness (QED) is 0.632. The van der Waals surface area contributed by atoms with Crippen LogP contribution in [0.5, 0.6) is 0 Å². The van der Waals surface area contributed by atoms with Crippen molar-refractivity contribution < 1.29 is 14.4 Å². The molecule has 2 aromatic carbocycles. The number of rotatable bonds is 1. The van der Waals surface area contributed by atoms with Crippen LogP contribution < -0.4 is 4.90 Å². The van der Waals surface area contributed by atoms with Crippen molar-refractivity contribution in [3.05, 3.63) is 62.1 Å². The molecule has 23 heavy (non-hydrogen) atoms. The standard InChI is InChI=1S/C17H11BrClNO3/c1-8(21)20(2)12-7-6-10(18)14-15(12)16(22)9-4-3-5-11(19)13(9)17(14)23/h3-7H,1-2H3. The second kappa shape index (κ2) is 5.58. The van der Waals surface area contributed by atoms with Crippen LogP contribution in [0.1, 0.15) is 38.8 Å². The predicted octanol–water partition coefficient (Wildman–Crippen LogP) is 3.86. The average Bonchev–Trinajstić information content (AvgIpc) is 2.51. The lowest BCUT2D eigenvalue weighted by molar-refractivity contribution is -0.116. The molecule has 1 amide bonds. The Labute approximate surface area is 146 Å². The van der Waals surface area contributed by atoms with E-state index in [0.29, 0.717) is 10.2 Å². The van der Waals surface area contributed by atoms with Crippen molar-refractivity contribution in [2.75, 3.05) is 11.9 Å². The third-order valence-corrected chi connectivity index (χ3v) is 4.88. The number of amides is 1. The molecule has 0 atom stereocenters. The summed E-state index contributed by atoms with van der Waals surface area (Å²) in [6.45, 7) is 1.40. The number of carbonyl (C=O) groups is 3. The van der Waals surface area contributed by atoms with E-state index in [2.05, 4.69) is 15.9 Å². The first-order valence-corrected chi connectivity index (χ1v) is 7.96. The first-order chi connectivity index (χ1) is 10.8. The molecule has 0 spiro atoms. The molecule has 0 bridgehead atoms. The Bertz CT molecular complexity index is 892. The maximum atomic E-state index is 12.9. The van der Waals surface area contributed by atoms with Gasteiger partial charge in [0.05, 0.1) is 27.4 Å². The van der Waals surface area contributed by atoms with Gasteiger partial charge in [0.15, 0.2) is 11.6 Å². The van der Waals surface area contributed by atoms with Crippen LogP contribution in [-0.2, 0) is 4.79 Å². The normalized spacial score (nSPS) is 12.7. The Morgan fingerprint density at radius 2 is 1.74 bits per heavy atom. The number of hydrogen-bond donors (Lipinski definition) is 0. The van der Waals surface area contributed by atoms with E-state index in [1.54, 1.807) is 37.4 Å². The molecule has 2 aromatic rings. The predicted molar refractivity (Wildman–Crippen MR) is 91.5 cm³/mol. The summed E-state index contributed by atoms with van der Waals surface area (Å²) in [6, 6.07) is 8.08. The largest absolute Gasteiger partial charge is 0.315 e. The minimum atomic E-state index is -0.328. The minimum absolute atomic E-state index is 0.204. The molecule has 4 nitrogen and oxygen atoms in total. The summed E-state index contributed by atoms with van der Waals surface area (Å²) >= 11 is 9.45. The fourth-order valence-electron chi connectivity index (χ4n) is 2.67. The molecule has 0 heterocycles. The van der Waals surface area contributed by atoms with Crippen LogP contribution in [0.15, 0.2) is 34.8 Å². The Balaban J connectivity index is 2.37. The molecule has 0 aromatic heterocycles. The van der Waals surface area contributed by atoms with E-state index < -0.39 is 0 Å². The van der Waals surface area contributed by atoms with Crippen LogP contribution in [0.3, 0.4) is 0 Å². The van der Waals surface area contributed by atoms with Gasteiger partial charge < -0.3 is 4.90 Å². The fourth-order valence-corrected chi connectivity index (χ4v) is 3.44. The lowest BCUT2D eigenvalue weighted by Gasteiger charge is -2.25. The number of hydrogen-bond acceptors (Lipinski definition) is 3. The summed E-state index contributed by atoms with van der Waals surface area (Å²) in [5, 5.41) is 0.240. The fraction of sp³-hybridized carbons (Fsp3) is 0.118. The van der Waals surface area contributed by atoms with Crippen molar-refractivity contribution in [2.24, 2.45) is 0 Å². The van der Waals surface area contributed by atoms with E-state index in [4.69, 9.17) is 11.6 Å². The van der Waals surface area contributed by atoms with Gasteiger partial charge in [0.25, 0.3) is 0 Å². The van der Waals surface area contributed by atoms with Gasteiger partial charge in [0, 0.05) is 24.0 Å². The molecule has 6 heteroatoms. The summed E-state index contributed by atoms with van der Waals surface area (Å²) in [7, 11) is 1.57. The van der Waals surface area contributed by atoms with Crippen molar-refractivity contribution in [2.45, 2.75) is 6.92 Å². The molecule has 0 fully saturated rings. The molecule has 0 radical (unpaired) electrons. The van der Waals surface area contributed by atoms with Crippen molar-refractivity contribution in [3.8, 4) is 0 Å². The van der Waals surface area contributed by atoms with Crippen LogP contribution in [0.2, 0.25) is 5.02 Å². The third kappa shape index (κ3) is 2.31. The van der Waals surface area contributed by atoms with E-state index in [-0.39, 0.29) is 44.8 Å². The topological polar surface area (TPSA) is 54.5 Å². The van der Waals surface area contributed by atoms with E-state index in [1.165, 1.54) is 11.8 Å². The lowest BCUT2D eigenvalue weighted by atomic mass is 9.83. The van der Waals surface area contributed by atoms with Gasteiger partial charge in [-0.3, -0.25) is 14.4 Å². The first kappa shape index (κ1) is 15.9. The molecule has 0 aliphatic heterocycles. The third-order valence-electron chi connectivity index (χ3n) is 3.91. The molecule has 0 saturated carbocycles. The summed E-state index contributed by atoms with van der Waals surface area (Å²) in [6.07, 6.45) is 0. The summed E-state index contributed by atoms with van der Waals surface area (Å²) in [4.78, 5) is 38.9. The molecule has 0 N–H and O–H groups in total. The summed E-state index contributed by atoms with van der Waals surface area (Å²) in [5.74, 6) is -0.876. The van der Waals surface area contributed by atoms with Gasteiger partial charge in [-0.1, -0.05) is 39.7 Å². The molecule has 0 saturated heterocycles. The zero-order valence-corrected chi connectivity index (χ0v) is 14.7. The molecular formula is C17H11BrClNO3. The van der Waals surface area contributed by atoms with Gasteiger partial charge in [0.1, 0.15) is 0 Å². The summed E-state index contributed by atoms with van der Waals surface area (Å²) in [5.41, 5.74) is 1.32. The van der Waals surface area contributed by atoms with Gasteiger partial charge in [-0.2, -0.15) is 0 Å². The highest BCUT2D eigenvalue weighted by atomic mass is 79.9. The number of anilines is 1. The van der Waals surface area contributed by atoms with Gasteiger partial charge in [-0.15, -0.1) is 0 Å². The molecule has 116 valence electrons. The maximum Gasteiger partial charge on any atom is 0.223 e. The highest BCUT2D eigenvalue weighted by molar-refractivity contribution is 9.10. The number of nitrogens with zero attached hydrogens (tertiary/aromatic N) is 1. The number of ketones is 2. The first-order valence-electron chi connectivity index (χ1n) is 6.79. The maximum absolute atomic E-state index is 12.9. The molecule has 1 aliphatic rings. The second-order valence-electron chi connectivity index (χ2n) is 5.22. The van der Waals surface area contributed by atoms with Crippen LogP contribution in [0, 0.1) is 0 Å². The minimum Gasteiger partial charge on any atom is -0.315 e. The zero-order chi connectivity index (χ0) is 16.9. The zero-order valence-electron chi connectivity index (χ0n) is 12.3. The smallest absolute Gasteiger partial charge is 0.223 e. The van der Waals surface area contributed by atoms with E-state index >= 15 is 0 Å². The number of carbonyl (C=O) groups excluding carboxylic acids is 3. The van der Waals surface area contributed by atoms with Crippen molar-refractivity contribution in [1.29, 1.82) is 0 Å². The number of fused-ring (bicyclic) bond motifs is 2. The number of benzene rings is 2. The van der Waals surface area contributed by atoms with Crippen molar-refractivity contribution >= 4 is 50.7 Å². The molecular weight excluding hydrogens is 382 g/mol. The Kier molecular flexibility index (Phi) is 3.86. The van der Waals surface area contributed by atoms with Crippen molar-refractivity contribution in [3.63, 3.8) is 0 Å². The van der Waals surface area contributed by atoms with Crippen LogP contribution in [0.4, 0.5) is 5.69 Å². The second-order valence-corrected chi connectivity index (χ2v) is 6.48.